The van der Waals surface area contributed by atoms with Crippen molar-refractivity contribution in [3.05, 3.63) is 42.5 Å². The molecule has 4 rings (SSSR count). The van der Waals surface area contributed by atoms with Gasteiger partial charge in [0.15, 0.2) is 5.52 Å². The maximum atomic E-state index is 13.2. The number of piperidine rings is 1. The minimum absolute atomic E-state index is 0.0359. The molecule has 1 fully saturated rings. The zero-order valence-corrected chi connectivity index (χ0v) is 17.3. The van der Waals surface area contributed by atoms with Gasteiger partial charge in [-0.2, -0.15) is 4.31 Å². The molecule has 3 aromatic rings. The molecule has 1 saturated heterocycles. The molecule has 2 heterocycles. The Bertz CT molecular complexity index is 1140. The van der Waals surface area contributed by atoms with Gasteiger partial charge in [0.05, 0.1) is 12.5 Å². The molecule has 0 bridgehead atoms. The number of nitrogens with one attached hydrogen (secondary N) is 1. The number of sulfonamides is 1. The summed E-state index contributed by atoms with van der Waals surface area (Å²) >= 11 is 0. The fourth-order valence-electron chi connectivity index (χ4n) is 3.55. The minimum atomic E-state index is -3.84. The number of rotatable bonds is 6. The van der Waals surface area contributed by atoms with E-state index in [-0.39, 0.29) is 22.9 Å². The number of fused-ring (bicyclic) bond motifs is 1. The van der Waals surface area contributed by atoms with Gasteiger partial charge in [-0.05, 0) is 66.5 Å². The van der Waals surface area contributed by atoms with E-state index in [0.717, 1.165) is 5.75 Å². The van der Waals surface area contributed by atoms with Crippen molar-refractivity contribution in [2.75, 3.05) is 25.0 Å². The van der Waals surface area contributed by atoms with E-state index in [1.807, 2.05) is 6.92 Å². The Morgan fingerprint density at radius 3 is 2.80 bits per heavy atom. The van der Waals surface area contributed by atoms with Crippen molar-refractivity contribution in [2.45, 2.75) is 24.7 Å². The number of ether oxygens (including phenoxy) is 1. The van der Waals surface area contributed by atoms with Crippen LogP contribution in [0.5, 0.6) is 5.75 Å². The average Bonchev–Trinajstić information content (AvgIpc) is 3.24. The Hall–Kier alpha value is -2.98. The molecule has 2 aromatic carbocycles. The van der Waals surface area contributed by atoms with Crippen molar-refractivity contribution in [2.24, 2.45) is 5.92 Å². The lowest BCUT2D eigenvalue weighted by molar-refractivity contribution is -0.120. The lowest BCUT2D eigenvalue weighted by atomic mass is 9.99. The van der Waals surface area contributed by atoms with Crippen LogP contribution in [0.2, 0.25) is 0 Å². The van der Waals surface area contributed by atoms with E-state index in [9.17, 15) is 13.2 Å². The van der Waals surface area contributed by atoms with Crippen molar-refractivity contribution >= 4 is 32.7 Å². The van der Waals surface area contributed by atoms with Crippen LogP contribution < -0.4 is 10.1 Å². The standard InChI is InChI=1S/C20H22N4O5S/c1-2-28-16-10-8-15(9-11-16)21-20(25)14-5-4-12-24(13-14)30(26,27)18-7-3-6-17-19(18)23-29-22-17/h3,6-11,14H,2,4-5,12-13H2,1H3,(H,21,25)/t14-/m1/s1. The molecule has 0 radical (unpaired) electrons. The summed E-state index contributed by atoms with van der Waals surface area (Å²) in [4.78, 5) is 12.8. The lowest BCUT2D eigenvalue weighted by Crippen LogP contribution is -2.43. The first-order valence-corrected chi connectivity index (χ1v) is 11.2. The van der Waals surface area contributed by atoms with Gasteiger partial charge in [-0.1, -0.05) is 6.07 Å². The summed E-state index contributed by atoms with van der Waals surface area (Å²) in [5.41, 5.74) is 1.21. The predicted octanol–water partition coefficient (Wildman–Crippen LogP) is 2.66. The van der Waals surface area contributed by atoms with E-state index in [1.165, 1.54) is 10.4 Å². The number of benzene rings is 2. The first-order chi connectivity index (χ1) is 14.5. The van der Waals surface area contributed by atoms with Gasteiger partial charge in [-0.3, -0.25) is 4.79 Å². The van der Waals surface area contributed by atoms with Crippen LogP contribution in [0, 0.1) is 5.92 Å². The van der Waals surface area contributed by atoms with Gasteiger partial charge < -0.3 is 10.1 Å². The van der Waals surface area contributed by atoms with Crippen molar-refractivity contribution in [1.29, 1.82) is 0 Å². The van der Waals surface area contributed by atoms with E-state index < -0.39 is 15.9 Å². The van der Waals surface area contributed by atoms with Crippen molar-refractivity contribution in [3.63, 3.8) is 0 Å². The van der Waals surface area contributed by atoms with Crippen LogP contribution in [0.3, 0.4) is 0 Å². The molecule has 0 saturated carbocycles. The first-order valence-electron chi connectivity index (χ1n) is 9.74. The van der Waals surface area contributed by atoms with Crippen LogP contribution in [0.4, 0.5) is 5.69 Å². The van der Waals surface area contributed by atoms with Crippen molar-refractivity contribution in [3.8, 4) is 5.75 Å². The Labute approximate surface area is 174 Å². The molecule has 10 heteroatoms. The minimum Gasteiger partial charge on any atom is -0.494 e. The third-order valence-electron chi connectivity index (χ3n) is 5.05. The molecule has 1 aromatic heterocycles. The van der Waals surface area contributed by atoms with Gasteiger partial charge in [0.25, 0.3) is 0 Å². The number of carbonyl (C=O) groups is 1. The van der Waals surface area contributed by atoms with Crippen LogP contribution in [0.15, 0.2) is 52.0 Å². The zero-order valence-electron chi connectivity index (χ0n) is 16.4. The van der Waals surface area contributed by atoms with E-state index in [4.69, 9.17) is 4.74 Å². The fraction of sp³-hybridized carbons (Fsp3) is 0.350. The SMILES string of the molecule is CCOc1ccc(NC(=O)[C@@H]2CCCN(S(=O)(=O)c3cccc4nonc34)C2)cc1. The molecule has 30 heavy (non-hydrogen) atoms. The Morgan fingerprint density at radius 2 is 2.03 bits per heavy atom. The van der Waals surface area contributed by atoms with Crippen molar-refractivity contribution in [1.82, 2.24) is 14.6 Å². The summed E-state index contributed by atoms with van der Waals surface area (Å²) in [6.45, 7) is 2.91. The van der Waals surface area contributed by atoms with Gasteiger partial charge in [0, 0.05) is 18.8 Å². The van der Waals surface area contributed by atoms with Crippen LogP contribution in [-0.4, -0.2) is 48.6 Å². The fourth-order valence-corrected chi connectivity index (χ4v) is 5.21. The molecule has 1 atom stereocenters. The summed E-state index contributed by atoms with van der Waals surface area (Å²) in [5.74, 6) is 0.0667. The van der Waals surface area contributed by atoms with Crippen LogP contribution in [0.1, 0.15) is 19.8 Å². The van der Waals surface area contributed by atoms with Crippen LogP contribution >= 0.6 is 0 Å². The molecule has 1 N–H and O–H groups in total. The topological polar surface area (TPSA) is 115 Å². The molecule has 158 valence electrons. The molecule has 9 nitrogen and oxygen atoms in total. The van der Waals surface area contributed by atoms with Gasteiger partial charge in [0.1, 0.15) is 16.2 Å². The monoisotopic (exact) mass is 430 g/mol. The predicted molar refractivity (Wildman–Crippen MR) is 110 cm³/mol. The highest BCUT2D eigenvalue weighted by atomic mass is 32.2. The molecule has 1 amide bonds. The van der Waals surface area contributed by atoms with Gasteiger partial charge >= 0.3 is 0 Å². The summed E-state index contributed by atoms with van der Waals surface area (Å²) < 4.78 is 37.8. The molecule has 0 unspecified atom stereocenters. The van der Waals surface area contributed by atoms with Crippen LogP contribution in [0.25, 0.3) is 11.0 Å². The van der Waals surface area contributed by atoms with E-state index in [1.54, 1.807) is 36.4 Å². The highest BCUT2D eigenvalue weighted by molar-refractivity contribution is 7.89. The largest absolute Gasteiger partial charge is 0.494 e. The Balaban J connectivity index is 1.48. The second-order valence-corrected chi connectivity index (χ2v) is 8.94. The summed E-state index contributed by atoms with van der Waals surface area (Å²) in [6, 6.07) is 11.8. The number of hydrogen-bond acceptors (Lipinski definition) is 7. The molecular formula is C20H22N4O5S. The third-order valence-corrected chi connectivity index (χ3v) is 6.95. The quantitative estimate of drug-likeness (QED) is 0.639. The number of hydrogen-bond donors (Lipinski definition) is 1. The van der Waals surface area contributed by atoms with E-state index in [2.05, 4.69) is 20.3 Å². The summed E-state index contributed by atoms with van der Waals surface area (Å²) in [6.07, 6.45) is 1.21. The Kier molecular flexibility index (Phi) is 5.69. The molecule has 0 aliphatic carbocycles. The van der Waals surface area contributed by atoms with E-state index >= 15 is 0 Å². The van der Waals surface area contributed by atoms with Gasteiger partial charge in [-0.15, -0.1) is 0 Å². The maximum absolute atomic E-state index is 13.2. The number of carbonyl (C=O) groups excluding carboxylic acids is 1. The maximum Gasteiger partial charge on any atom is 0.245 e. The number of amides is 1. The Morgan fingerprint density at radius 1 is 1.23 bits per heavy atom. The number of anilines is 1. The van der Waals surface area contributed by atoms with E-state index in [0.29, 0.717) is 37.2 Å². The number of aromatic nitrogens is 2. The molecule has 1 aliphatic heterocycles. The highest BCUT2D eigenvalue weighted by Crippen LogP contribution is 2.28. The third kappa shape index (κ3) is 4.01. The average molecular weight is 430 g/mol. The number of nitrogens with zero attached hydrogens (tertiary/aromatic N) is 3. The van der Waals surface area contributed by atoms with Gasteiger partial charge in [0.2, 0.25) is 15.9 Å². The molecule has 0 spiro atoms. The van der Waals surface area contributed by atoms with Crippen LogP contribution in [-0.2, 0) is 14.8 Å². The highest BCUT2D eigenvalue weighted by Gasteiger charge is 2.34. The zero-order chi connectivity index (χ0) is 21.1. The smallest absolute Gasteiger partial charge is 0.245 e. The lowest BCUT2D eigenvalue weighted by Gasteiger charge is -2.31. The van der Waals surface area contributed by atoms with Crippen molar-refractivity contribution < 1.29 is 22.6 Å². The summed E-state index contributed by atoms with van der Waals surface area (Å²) in [7, 11) is -3.84. The van der Waals surface area contributed by atoms with Gasteiger partial charge in [-0.25, -0.2) is 13.0 Å². The summed E-state index contributed by atoms with van der Waals surface area (Å²) in [5, 5.41) is 10.3. The molecule has 1 aliphatic rings. The second kappa shape index (κ2) is 8.41. The first kappa shape index (κ1) is 20.3. The molecular weight excluding hydrogens is 408 g/mol. The normalized spacial score (nSPS) is 17.7. The second-order valence-electron chi connectivity index (χ2n) is 7.04.